The lowest BCUT2D eigenvalue weighted by atomic mass is 10.0. The summed E-state index contributed by atoms with van der Waals surface area (Å²) < 4.78 is 132. The summed E-state index contributed by atoms with van der Waals surface area (Å²) in [7, 11) is 0. The van der Waals surface area contributed by atoms with Gasteiger partial charge in [-0.15, -0.1) is 0 Å². The van der Waals surface area contributed by atoms with Crippen LogP contribution in [0, 0.1) is 6.92 Å². The molecule has 63 heavy (non-hydrogen) atoms. The first-order valence-electron chi connectivity index (χ1n) is 19.4. The number of nitrogens with zero attached hydrogens (tertiary/aromatic N) is 5. The molecule has 0 N–H and O–H groups in total. The summed E-state index contributed by atoms with van der Waals surface area (Å²) in [4.78, 5) is 14.6. The third-order valence-electron chi connectivity index (χ3n) is 11.1. The third-order valence-corrected chi connectivity index (χ3v) is 11.1. The predicted octanol–water partition coefficient (Wildman–Crippen LogP) is 14.4. The van der Waals surface area contributed by atoms with E-state index in [0.29, 0.717) is 55.0 Å². The van der Waals surface area contributed by atoms with Crippen molar-refractivity contribution < 1.29 is 39.5 Å². The predicted molar refractivity (Wildman–Crippen MR) is 225 cm³/mol. The smallest absolute Gasteiger partial charge is 0.309 e. The minimum absolute atomic E-state index is 0.0378. The highest BCUT2D eigenvalue weighted by molar-refractivity contribution is 6.11. The molecule has 0 atom stereocenters. The Morgan fingerprint density at radius 2 is 0.762 bits per heavy atom. The zero-order valence-electron chi connectivity index (χ0n) is 32.6. The molecule has 312 valence electrons. The van der Waals surface area contributed by atoms with E-state index >= 15 is 0 Å². The van der Waals surface area contributed by atoms with Crippen molar-refractivity contribution in [2.24, 2.45) is 0 Å². The van der Waals surface area contributed by atoms with Gasteiger partial charge < -0.3 is 9.13 Å². The summed E-state index contributed by atoms with van der Waals surface area (Å²) in [6.45, 7) is 1.83. The molecule has 0 amide bonds. The second kappa shape index (κ2) is 14.3. The molecule has 7 aromatic carbocycles. The molecule has 0 saturated heterocycles. The van der Waals surface area contributed by atoms with E-state index in [1.165, 1.54) is 18.2 Å². The number of benzene rings is 7. The molecule has 0 spiro atoms. The average Bonchev–Trinajstić information content (AvgIpc) is 3.77. The third kappa shape index (κ3) is 6.82. The molecular formula is C49H28F9N5. The van der Waals surface area contributed by atoms with Gasteiger partial charge in [-0.25, -0.2) is 15.0 Å². The Morgan fingerprint density at radius 1 is 0.365 bits per heavy atom. The largest absolute Gasteiger partial charge is 0.416 e. The maximum absolute atomic E-state index is 14.7. The quantitative estimate of drug-likeness (QED) is 0.162. The zero-order chi connectivity index (χ0) is 44.0. The van der Waals surface area contributed by atoms with Crippen LogP contribution in [0.3, 0.4) is 0 Å². The molecule has 3 aromatic heterocycles. The molecule has 0 unspecified atom stereocenters. The number of halogens is 9. The highest BCUT2D eigenvalue weighted by atomic mass is 19.4. The zero-order valence-corrected chi connectivity index (χ0v) is 32.6. The van der Waals surface area contributed by atoms with Crippen molar-refractivity contribution in [1.82, 2.24) is 24.1 Å². The fourth-order valence-corrected chi connectivity index (χ4v) is 8.26. The molecule has 5 nitrogen and oxygen atoms in total. The Labute approximate surface area is 351 Å². The van der Waals surface area contributed by atoms with E-state index < -0.39 is 35.2 Å². The normalized spacial score (nSPS) is 12.6. The lowest BCUT2D eigenvalue weighted by molar-refractivity contribution is -0.138. The molecule has 0 aliphatic rings. The molecule has 0 aliphatic heterocycles. The van der Waals surface area contributed by atoms with Gasteiger partial charge in [-0.05, 0) is 85.8 Å². The fraction of sp³-hybridized carbons (Fsp3) is 0.0816. The second-order valence-electron chi connectivity index (χ2n) is 15.1. The maximum atomic E-state index is 14.7. The van der Waals surface area contributed by atoms with Crippen molar-refractivity contribution in [2.75, 3.05) is 0 Å². The van der Waals surface area contributed by atoms with Gasteiger partial charge in [0, 0.05) is 38.2 Å². The SMILES string of the molecule is Cc1ccc(-n2c3ccccc3c3cc(C(F)(F)F)ccc32)c(-c2nc(-c3ccccc3)nc(-c3cc(C(F)(F)F)ccc3-n3c4ccccc4c4cc(C(F)(F)F)ccc43)n2)c1. The first-order chi connectivity index (χ1) is 30.0. The standard InChI is InChI=1S/C49H28F9N5/c1-27-15-19-42(62-38-13-7-5-11-32(38)34-24-29(47(50,51)52)16-20-40(34)62)36(23-27)45-59-44(28-9-3-2-4-10-28)60-46(61-45)37-26-31(49(56,57)58)18-22-43(37)63-39-14-8-6-12-33(39)35-25-30(48(53,54)55)17-21-41(35)63/h2-26H,1H3. The summed E-state index contributed by atoms with van der Waals surface area (Å²) in [6, 6.07) is 37.5. The molecule has 3 heterocycles. The highest BCUT2D eigenvalue weighted by Gasteiger charge is 2.35. The number of rotatable bonds is 5. The van der Waals surface area contributed by atoms with Gasteiger partial charge in [0.15, 0.2) is 17.5 Å². The first kappa shape index (κ1) is 39.6. The van der Waals surface area contributed by atoms with Crippen LogP contribution in [0.2, 0.25) is 0 Å². The van der Waals surface area contributed by atoms with E-state index in [0.717, 1.165) is 42.0 Å². The number of para-hydroxylation sites is 2. The summed E-state index contributed by atoms with van der Waals surface area (Å²) in [6.07, 6.45) is -14.1. The van der Waals surface area contributed by atoms with Crippen LogP contribution < -0.4 is 0 Å². The Kier molecular flexibility index (Phi) is 9.00. The summed E-state index contributed by atoms with van der Waals surface area (Å²) in [5.74, 6) is -0.0430. The van der Waals surface area contributed by atoms with Gasteiger partial charge in [0.1, 0.15) is 0 Å². The Morgan fingerprint density at radius 3 is 1.27 bits per heavy atom. The van der Waals surface area contributed by atoms with Crippen molar-refractivity contribution in [3.63, 3.8) is 0 Å². The molecule has 0 saturated carbocycles. The van der Waals surface area contributed by atoms with E-state index in [4.69, 9.17) is 15.0 Å². The second-order valence-corrected chi connectivity index (χ2v) is 15.1. The van der Waals surface area contributed by atoms with E-state index in [9.17, 15) is 39.5 Å². The van der Waals surface area contributed by atoms with Gasteiger partial charge in [0.05, 0.1) is 50.1 Å². The van der Waals surface area contributed by atoms with Crippen molar-refractivity contribution in [3.05, 3.63) is 174 Å². The van der Waals surface area contributed by atoms with Crippen LogP contribution in [0.15, 0.2) is 152 Å². The minimum Gasteiger partial charge on any atom is -0.309 e. The molecule has 10 rings (SSSR count). The summed E-state index contributed by atoms with van der Waals surface area (Å²) in [5, 5.41) is 1.55. The van der Waals surface area contributed by atoms with E-state index in [1.54, 1.807) is 100 Å². The van der Waals surface area contributed by atoms with Gasteiger partial charge >= 0.3 is 18.5 Å². The van der Waals surface area contributed by atoms with Crippen LogP contribution >= 0.6 is 0 Å². The lowest BCUT2D eigenvalue weighted by Gasteiger charge is -2.18. The van der Waals surface area contributed by atoms with Crippen LogP contribution in [0.25, 0.3) is 89.2 Å². The summed E-state index contributed by atoms with van der Waals surface area (Å²) in [5.41, 5.74) is 1.17. The van der Waals surface area contributed by atoms with Crippen molar-refractivity contribution >= 4 is 43.6 Å². The van der Waals surface area contributed by atoms with Crippen molar-refractivity contribution in [2.45, 2.75) is 25.5 Å². The van der Waals surface area contributed by atoms with Crippen molar-refractivity contribution in [3.8, 4) is 45.5 Å². The van der Waals surface area contributed by atoms with Gasteiger partial charge in [0.2, 0.25) is 0 Å². The van der Waals surface area contributed by atoms with Crippen LogP contribution in [0.5, 0.6) is 0 Å². The Hall–Kier alpha value is -7.48. The van der Waals surface area contributed by atoms with E-state index in [1.807, 2.05) is 13.0 Å². The Balaban J connectivity index is 1.28. The van der Waals surface area contributed by atoms with Crippen molar-refractivity contribution in [1.29, 1.82) is 0 Å². The number of hydrogen-bond donors (Lipinski definition) is 0. The summed E-state index contributed by atoms with van der Waals surface area (Å²) >= 11 is 0. The average molecular weight is 858 g/mol. The molecular weight excluding hydrogens is 830 g/mol. The highest BCUT2D eigenvalue weighted by Crippen LogP contribution is 2.43. The fourth-order valence-electron chi connectivity index (χ4n) is 8.26. The molecule has 0 radical (unpaired) electrons. The van der Waals surface area contributed by atoms with Crippen LogP contribution in [-0.2, 0) is 18.5 Å². The van der Waals surface area contributed by atoms with E-state index in [-0.39, 0.29) is 34.1 Å². The molecule has 0 bridgehead atoms. The molecule has 0 aliphatic carbocycles. The van der Waals surface area contributed by atoms with Gasteiger partial charge in [-0.2, -0.15) is 39.5 Å². The molecule has 10 aromatic rings. The van der Waals surface area contributed by atoms with Crippen LogP contribution in [0.1, 0.15) is 22.3 Å². The molecule has 0 fully saturated rings. The van der Waals surface area contributed by atoms with Gasteiger partial charge in [-0.1, -0.05) is 78.4 Å². The number of alkyl halides is 9. The monoisotopic (exact) mass is 857 g/mol. The van der Waals surface area contributed by atoms with Crippen LogP contribution in [0.4, 0.5) is 39.5 Å². The topological polar surface area (TPSA) is 48.5 Å². The van der Waals surface area contributed by atoms with Gasteiger partial charge in [0.25, 0.3) is 0 Å². The van der Waals surface area contributed by atoms with Crippen LogP contribution in [-0.4, -0.2) is 24.1 Å². The number of fused-ring (bicyclic) bond motifs is 6. The van der Waals surface area contributed by atoms with Gasteiger partial charge in [-0.3, -0.25) is 0 Å². The first-order valence-corrected chi connectivity index (χ1v) is 19.4. The maximum Gasteiger partial charge on any atom is 0.416 e. The molecule has 14 heteroatoms. The number of aryl methyl sites for hydroxylation is 1. The number of hydrogen-bond acceptors (Lipinski definition) is 3. The number of aromatic nitrogens is 5. The van der Waals surface area contributed by atoms with E-state index in [2.05, 4.69) is 0 Å². The Bertz CT molecular complexity index is 3430. The lowest BCUT2D eigenvalue weighted by Crippen LogP contribution is -2.09. The minimum atomic E-state index is -4.82.